The van der Waals surface area contributed by atoms with E-state index in [4.69, 9.17) is 9.68 Å². The van der Waals surface area contributed by atoms with Gasteiger partial charge in [-0.2, -0.15) is 5.26 Å². The standard InChI is InChI=1S/C11H16N2O/c1-9(6-7-12)13(3)8-11-5-4-10(2)14-11/h4-5,9H,6,8H2,1-3H3. The van der Waals surface area contributed by atoms with Crippen molar-refractivity contribution in [3.05, 3.63) is 23.7 Å². The summed E-state index contributed by atoms with van der Waals surface area (Å²) >= 11 is 0. The van der Waals surface area contributed by atoms with Crippen molar-refractivity contribution >= 4 is 0 Å². The van der Waals surface area contributed by atoms with Crippen LogP contribution in [0.15, 0.2) is 16.5 Å². The fourth-order valence-electron chi connectivity index (χ4n) is 1.26. The van der Waals surface area contributed by atoms with Crippen LogP contribution in [0.3, 0.4) is 0 Å². The predicted molar refractivity (Wildman–Crippen MR) is 54.6 cm³/mol. The van der Waals surface area contributed by atoms with Gasteiger partial charge in [0.25, 0.3) is 0 Å². The summed E-state index contributed by atoms with van der Waals surface area (Å²) in [5.41, 5.74) is 0. The molecule has 0 radical (unpaired) electrons. The molecule has 1 aromatic rings. The molecule has 0 N–H and O–H groups in total. The molecular weight excluding hydrogens is 176 g/mol. The average molecular weight is 192 g/mol. The third-order valence-corrected chi connectivity index (χ3v) is 2.34. The summed E-state index contributed by atoms with van der Waals surface area (Å²) in [7, 11) is 2.00. The van der Waals surface area contributed by atoms with Crippen LogP contribution in [0.5, 0.6) is 0 Å². The van der Waals surface area contributed by atoms with Gasteiger partial charge in [0.1, 0.15) is 11.5 Å². The SMILES string of the molecule is Cc1ccc(CN(C)C(C)CC#N)o1. The van der Waals surface area contributed by atoms with Gasteiger partial charge in [-0.15, -0.1) is 0 Å². The first-order valence-electron chi connectivity index (χ1n) is 4.76. The van der Waals surface area contributed by atoms with E-state index in [9.17, 15) is 0 Å². The lowest BCUT2D eigenvalue weighted by Gasteiger charge is -2.20. The van der Waals surface area contributed by atoms with Crippen LogP contribution in [0.1, 0.15) is 24.9 Å². The van der Waals surface area contributed by atoms with Gasteiger partial charge in [-0.1, -0.05) is 0 Å². The fourth-order valence-corrected chi connectivity index (χ4v) is 1.26. The monoisotopic (exact) mass is 192 g/mol. The van der Waals surface area contributed by atoms with E-state index >= 15 is 0 Å². The number of rotatable bonds is 4. The van der Waals surface area contributed by atoms with E-state index in [1.807, 2.05) is 33.0 Å². The molecule has 0 aromatic carbocycles. The van der Waals surface area contributed by atoms with Gasteiger partial charge in [-0.3, -0.25) is 4.90 Å². The molecule has 0 aliphatic heterocycles. The van der Waals surface area contributed by atoms with Crippen LogP contribution in [0.4, 0.5) is 0 Å². The van der Waals surface area contributed by atoms with Gasteiger partial charge >= 0.3 is 0 Å². The molecule has 3 heteroatoms. The van der Waals surface area contributed by atoms with E-state index in [1.54, 1.807) is 0 Å². The second kappa shape index (κ2) is 4.83. The minimum Gasteiger partial charge on any atom is -0.465 e. The summed E-state index contributed by atoms with van der Waals surface area (Å²) < 4.78 is 5.46. The number of hydrogen-bond acceptors (Lipinski definition) is 3. The van der Waals surface area contributed by atoms with Crippen molar-refractivity contribution in [2.24, 2.45) is 0 Å². The number of furan rings is 1. The van der Waals surface area contributed by atoms with Gasteiger partial charge < -0.3 is 4.42 Å². The lowest BCUT2D eigenvalue weighted by Crippen LogP contribution is -2.27. The molecule has 0 saturated carbocycles. The summed E-state index contributed by atoms with van der Waals surface area (Å²) in [5.74, 6) is 1.89. The summed E-state index contributed by atoms with van der Waals surface area (Å²) in [5, 5.41) is 8.56. The molecule has 0 amide bonds. The van der Waals surface area contributed by atoms with Crippen molar-refractivity contribution in [3.8, 4) is 6.07 Å². The molecule has 0 aliphatic rings. The Balaban J connectivity index is 2.49. The summed E-state index contributed by atoms with van der Waals surface area (Å²) in [6.07, 6.45) is 0.552. The molecule has 0 spiro atoms. The predicted octanol–water partition coefficient (Wildman–Crippen LogP) is 2.32. The van der Waals surface area contributed by atoms with Crippen LogP contribution < -0.4 is 0 Å². The molecule has 1 aromatic heterocycles. The van der Waals surface area contributed by atoms with Crippen molar-refractivity contribution < 1.29 is 4.42 Å². The Bertz CT molecular complexity index is 324. The van der Waals surface area contributed by atoms with E-state index in [0.29, 0.717) is 6.42 Å². The van der Waals surface area contributed by atoms with Crippen LogP contribution in [-0.2, 0) is 6.54 Å². The van der Waals surface area contributed by atoms with Gasteiger partial charge in [-0.25, -0.2) is 0 Å². The van der Waals surface area contributed by atoms with E-state index < -0.39 is 0 Å². The normalized spacial score (nSPS) is 12.8. The van der Waals surface area contributed by atoms with E-state index in [-0.39, 0.29) is 6.04 Å². The molecule has 1 unspecified atom stereocenters. The third-order valence-electron chi connectivity index (χ3n) is 2.34. The lowest BCUT2D eigenvalue weighted by atomic mass is 10.2. The highest BCUT2D eigenvalue weighted by atomic mass is 16.3. The highest BCUT2D eigenvalue weighted by Crippen LogP contribution is 2.11. The number of hydrogen-bond donors (Lipinski definition) is 0. The number of nitriles is 1. The maximum absolute atomic E-state index is 8.56. The van der Waals surface area contributed by atoms with Crippen molar-refractivity contribution in [2.45, 2.75) is 32.9 Å². The zero-order chi connectivity index (χ0) is 10.6. The Hall–Kier alpha value is -1.27. The second-order valence-electron chi connectivity index (χ2n) is 3.64. The van der Waals surface area contributed by atoms with Crippen molar-refractivity contribution in [2.75, 3.05) is 7.05 Å². The van der Waals surface area contributed by atoms with Crippen molar-refractivity contribution in [3.63, 3.8) is 0 Å². The van der Waals surface area contributed by atoms with Crippen LogP contribution >= 0.6 is 0 Å². The molecule has 0 fully saturated rings. The van der Waals surface area contributed by atoms with E-state index in [2.05, 4.69) is 11.0 Å². The number of nitrogens with zero attached hydrogens (tertiary/aromatic N) is 2. The first-order chi connectivity index (χ1) is 6.63. The zero-order valence-corrected chi connectivity index (χ0v) is 8.95. The first-order valence-corrected chi connectivity index (χ1v) is 4.76. The molecule has 1 atom stereocenters. The number of aryl methyl sites for hydroxylation is 1. The molecule has 1 heterocycles. The van der Waals surface area contributed by atoms with E-state index in [0.717, 1.165) is 18.1 Å². The molecule has 14 heavy (non-hydrogen) atoms. The van der Waals surface area contributed by atoms with Crippen molar-refractivity contribution in [1.29, 1.82) is 5.26 Å². The van der Waals surface area contributed by atoms with Gasteiger partial charge in [0.05, 0.1) is 19.0 Å². The Morgan fingerprint density at radius 2 is 2.29 bits per heavy atom. The van der Waals surface area contributed by atoms with Gasteiger partial charge in [0.15, 0.2) is 0 Å². The molecule has 0 bridgehead atoms. The minimum absolute atomic E-state index is 0.269. The summed E-state index contributed by atoms with van der Waals surface area (Å²) in [4.78, 5) is 2.11. The highest BCUT2D eigenvalue weighted by Gasteiger charge is 2.10. The molecule has 76 valence electrons. The van der Waals surface area contributed by atoms with Crippen LogP contribution in [0.2, 0.25) is 0 Å². The third kappa shape index (κ3) is 2.90. The van der Waals surface area contributed by atoms with Gasteiger partial charge in [-0.05, 0) is 33.0 Å². The van der Waals surface area contributed by atoms with Crippen LogP contribution in [-0.4, -0.2) is 18.0 Å². The molecule has 0 saturated heterocycles. The maximum Gasteiger partial charge on any atom is 0.118 e. The summed E-state index contributed by atoms with van der Waals surface area (Å²) in [6, 6.07) is 6.37. The molecule has 0 aliphatic carbocycles. The topological polar surface area (TPSA) is 40.2 Å². The van der Waals surface area contributed by atoms with E-state index in [1.165, 1.54) is 0 Å². The molecule has 3 nitrogen and oxygen atoms in total. The Kier molecular flexibility index (Phi) is 3.73. The van der Waals surface area contributed by atoms with Gasteiger partial charge in [0.2, 0.25) is 0 Å². The Morgan fingerprint density at radius 3 is 2.79 bits per heavy atom. The first kappa shape index (κ1) is 10.8. The zero-order valence-electron chi connectivity index (χ0n) is 8.95. The average Bonchev–Trinajstić information content (AvgIpc) is 2.51. The highest BCUT2D eigenvalue weighted by molar-refractivity contribution is 5.05. The fraction of sp³-hybridized carbons (Fsp3) is 0.545. The van der Waals surface area contributed by atoms with Crippen LogP contribution in [0, 0.1) is 18.3 Å². The largest absolute Gasteiger partial charge is 0.465 e. The maximum atomic E-state index is 8.56. The minimum atomic E-state index is 0.269. The van der Waals surface area contributed by atoms with Crippen molar-refractivity contribution in [1.82, 2.24) is 4.90 Å². The smallest absolute Gasteiger partial charge is 0.118 e. The Labute approximate surface area is 84.9 Å². The second-order valence-corrected chi connectivity index (χ2v) is 3.64. The van der Waals surface area contributed by atoms with Gasteiger partial charge in [0, 0.05) is 6.04 Å². The molecular formula is C11H16N2O. The van der Waals surface area contributed by atoms with Crippen LogP contribution in [0.25, 0.3) is 0 Å². The summed E-state index contributed by atoms with van der Waals surface area (Å²) in [6.45, 7) is 4.73. The Morgan fingerprint density at radius 1 is 1.57 bits per heavy atom. The lowest BCUT2D eigenvalue weighted by molar-refractivity contribution is 0.231. The molecule has 1 rings (SSSR count). The quantitative estimate of drug-likeness (QED) is 0.735.